The smallest absolute Gasteiger partial charge is 0.266 e. The maximum absolute atomic E-state index is 12.5. The molecule has 0 saturated heterocycles. The first-order chi connectivity index (χ1) is 6.60. The highest BCUT2D eigenvalue weighted by Crippen LogP contribution is 2.31. The number of aliphatic hydroxyl groups is 1. The van der Waals surface area contributed by atoms with Crippen LogP contribution in [0.15, 0.2) is 10.7 Å². The van der Waals surface area contributed by atoms with Gasteiger partial charge in [0, 0.05) is 6.07 Å². The van der Waals surface area contributed by atoms with Crippen LogP contribution in [0.2, 0.25) is 0 Å². The molecule has 1 N–H and O–H groups in total. The highest BCUT2D eigenvalue weighted by Gasteiger charge is 2.19. The number of halogens is 3. The van der Waals surface area contributed by atoms with E-state index >= 15 is 0 Å². The maximum Gasteiger partial charge on any atom is 0.266 e. The number of alkyl halides is 2. The predicted octanol–water partition coefficient (Wildman–Crippen LogP) is 2.28. The zero-order chi connectivity index (χ0) is 10.7. The van der Waals surface area contributed by atoms with Gasteiger partial charge in [-0.05, 0) is 21.5 Å². The van der Waals surface area contributed by atoms with Crippen molar-refractivity contribution in [3.63, 3.8) is 0 Å². The number of aromatic nitrogens is 1. The summed E-state index contributed by atoms with van der Waals surface area (Å²) in [5.41, 5.74) is -0.188. The molecule has 1 aromatic heterocycles. The summed E-state index contributed by atoms with van der Waals surface area (Å²) < 4.78 is 29.7. The van der Waals surface area contributed by atoms with E-state index in [1.807, 2.05) is 0 Å². The average Bonchev–Trinajstić information content (AvgIpc) is 2.15. The van der Waals surface area contributed by atoms with Gasteiger partial charge in [-0.2, -0.15) is 0 Å². The summed E-state index contributed by atoms with van der Waals surface area (Å²) >= 11 is 2.90. The van der Waals surface area contributed by atoms with Gasteiger partial charge in [0.2, 0.25) is 5.88 Å². The van der Waals surface area contributed by atoms with Crippen LogP contribution >= 0.6 is 15.9 Å². The van der Waals surface area contributed by atoms with Crippen LogP contribution in [0.4, 0.5) is 8.78 Å². The van der Waals surface area contributed by atoms with Gasteiger partial charge >= 0.3 is 0 Å². The zero-order valence-electron chi connectivity index (χ0n) is 7.30. The van der Waals surface area contributed by atoms with Crippen molar-refractivity contribution in [2.75, 3.05) is 7.11 Å². The molecular formula is C8H8BrF2NO2. The number of hydrogen-bond acceptors (Lipinski definition) is 3. The molecule has 1 heterocycles. The van der Waals surface area contributed by atoms with Crippen LogP contribution in [0.5, 0.6) is 5.88 Å². The van der Waals surface area contributed by atoms with Crippen LogP contribution in [-0.2, 0) is 6.61 Å². The van der Waals surface area contributed by atoms with Gasteiger partial charge in [0.05, 0.1) is 19.3 Å². The monoisotopic (exact) mass is 267 g/mol. The molecule has 0 fully saturated rings. The molecule has 0 aromatic carbocycles. The lowest BCUT2D eigenvalue weighted by atomic mass is 10.1. The number of aliphatic hydroxyl groups excluding tert-OH is 1. The first kappa shape index (κ1) is 11.3. The normalized spacial score (nSPS) is 10.7. The molecule has 0 spiro atoms. The van der Waals surface area contributed by atoms with E-state index in [1.165, 1.54) is 13.2 Å². The van der Waals surface area contributed by atoms with E-state index < -0.39 is 13.0 Å². The number of rotatable bonds is 3. The van der Waals surface area contributed by atoms with E-state index in [0.29, 0.717) is 0 Å². The van der Waals surface area contributed by atoms with Crippen molar-refractivity contribution >= 4 is 15.9 Å². The Morgan fingerprint density at radius 1 is 1.64 bits per heavy atom. The average molecular weight is 268 g/mol. The van der Waals surface area contributed by atoms with Crippen LogP contribution in [0.1, 0.15) is 17.6 Å². The minimum Gasteiger partial charge on any atom is -0.481 e. The first-order valence-electron chi connectivity index (χ1n) is 3.72. The standard InChI is InChI=1S/C8H8BrF2NO2/c1-14-5-2-4(3-13)6(8(10)11)7(9)12-5/h2,8,13H,3H2,1H3. The second kappa shape index (κ2) is 4.65. The minimum absolute atomic E-state index is 0.00380. The van der Waals surface area contributed by atoms with Crippen LogP contribution in [0.25, 0.3) is 0 Å². The van der Waals surface area contributed by atoms with Crippen molar-refractivity contribution in [3.8, 4) is 5.88 Å². The molecular weight excluding hydrogens is 260 g/mol. The fourth-order valence-electron chi connectivity index (χ4n) is 1.01. The number of pyridine rings is 1. The molecule has 14 heavy (non-hydrogen) atoms. The Hall–Kier alpha value is -0.750. The third-order valence-corrected chi connectivity index (χ3v) is 2.28. The summed E-state index contributed by atoms with van der Waals surface area (Å²) in [6.07, 6.45) is -2.68. The summed E-state index contributed by atoms with van der Waals surface area (Å²) in [6, 6.07) is 1.28. The summed E-state index contributed by atoms with van der Waals surface area (Å²) in [6.45, 7) is -0.475. The lowest BCUT2D eigenvalue weighted by Crippen LogP contribution is -2.00. The van der Waals surface area contributed by atoms with Crippen molar-refractivity contribution in [2.24, 2.45) is 0 Å². The number of nitrogens with zero attached hydrogens (tertiary/aromatic N) is 1. The minimum atomic E-state index is -2.68. The van der Waals surface area contributed by atoms with E-state index in [9.17, 15) is 8.78 Å². The molecule has 3 nitrogen and oxygen atoms in total. The first-order valence-corrected chi connectivity index (χ1v) is 4.51. The van der Waals surface area contributed by atoms with Crippen molar-refractivity contribution < 1.29 is 18.6 Å². The molecule has 0 aliphatic heterocycles. The van der Waals surface area contributed by atoms with Gasteiger partial charge in [0.15, 0.2) is 0 Å². The van der Waals surface area contributed by atoms with Crippen LogP contribution in [-0.4, -0.2) is 17.2 Å². The van der Waals surface area contributed by atoms with Crippen LogP contribution < -0.4 is 4.74 Å². The summed E-state index contributed by atoms with van der Waals surface area (Å²) in [7, 11) is 1.37. The fourth-order valence-corrected chi connectivity index (χ4v) is 1.62. The summed E-state index contributed by atoms with van der Waals surface area (Å²) in [5.74, 6) is 0.185. The largest absolute Gasteiger partial charge is 0.481 e. The van der Waals surface area contributed by atoms with E-state index in [2.05, 4.69) is 20.9 Å². The zero-order valence-corrected chi connectivity index (χ0v) is 8.88. The molecule has 78 valence electrons. The van der Waals surface area contributed by atoms with E-state index in [0.717, 1.165) is 0 Å². The molecule has 0 bridgehead atoms. The van der Waals surface area contributed by atoms with Gasteiger partial charge in [-0.1, -0.05) is 0 Å². The van der Waals surface area contributed by atoms with Crippen LogP contribution in [0, 0.1) is 0 Å². The molecule has 0 aliphatic rings. The molecule has 0 saturated carbocycles. The lowest BCUT2D eigenvalue weighted by molar-refractivity contribution is 0.145. The van der Waals surface area contributed by atoms with Crippen molar-refractivity contribution in [1.29, 1.82) is 0 Å². The molecule has 0 aliphatic carbocycles. The van der Waals surface area contributed by atoms with Gasteiger partial charge < -0.3 is 9.84 Å². The molecule has 6 heteroatoms. The second-order valence-corrected chi connectivity index (χ2v) is 3.24. The van der Waals surface area contributed by atoms with Gasteiger partial charge in [0.25, 0.3) is 6.43 Å². The van der Waals surface area contributed by atoms with E-state index in [-0.39, 0.29) is 21.6 Å². The summed E-state index contributed by atoms with van der Waals surface area (Å²) in [4.78, 5) is 3.72. The van der Waals surface area contributed by atoms with Gasteiger partial charge in [0.1, 0.15) is 4.60 Å². The van der Waals surface area contributed by atoms with Crippen molar-refractivity contribution in [2.45, 2.75) is 13.0 Å². The SMILES string of the molecule is COc1cc(CO)c(C(F)F)c(Br)n1. The Kier molecular flexibility index (Phi) is 3.77. The Morgan fingerprint density at radius 3 is 2.71 bits per heavy atom. The fraction of sp³-hybridized carbons (Fsp3) is 0.375. The predicted molar refractivity (Wildman–Crippen MR) is 49.4 cm³/mol. The van der Waals surface area contributed by atoms with Gasteiger partial charge in [-0.25, -0.2) is 13.8 Å². The summed E-state index contributed by atoms with van der Waals surface area (Å²) in [5, 5.41) is 8.87. The highest BCUT2D eigenvalue weighted by atomic mass is 79.9. The van der Waals surface area contributed by atoms with Gasteiger partial charge in [-0.15, -0.1) is 0 Å². The second-order valence-electron chi connectivity index (χ2n) is 2.49. The van der Waals surface area contributed by atoms with Gasteiger partial charge in [-0.3, -0.25) is 0 Å². The Morgan fingerprint density at radius 2 is 2.29 bits per heavy atom. The highest BCUT2D eigenvalue weighted by molar-refractivity contribution is 9.10. The Balaban J connectivity index is 3.27. The molecule has 0 atom stereocenters. The molecule has 0 radical (unpaired) electrons. The molecule has 1 rings (SSSR count). The molecule has 0 amide bonds. The van der Waals surface area contributed by atoms with Crippen molar-refractivity contribution in [1.82, 2.24) is 4.98 Å². The topological polar surface area (TPSA) is 42.4 Å². The maximum atomic E-state index is 12.5. The number of methoxy groups -OCH3 is 1. The van der Waals surface area contributed by atoms with E-state index in [4.69, 9.17) is 9.84 Å². The number of ether oxygens (including phenoxy) is 1. The van der Waals surface area contributed by atoms with Crippen LogP contribution in [0.3, 0.4) is 0 Å². The third kappa shape index (κ3) is 2.19. The number of hydrogen-bond donors (Lipinski definition) is 1. The third-order valence-electron chi connectivity index (χ3n) is 1.67. The lowest BCUT2D eigenvalue weighted by Gasteiger charge is -2.09. The molecule has 1 aromatic rings. The Labute approximate surface area is 87.9 Å². The van der Waals surface area contributed by atoms with Crippen molar-refractivity contribution in [3.05, 3.63) is 21.8 Å². The Bertz CT molecular complexity index is 333. The van der Waals surface area contributed by atoms with E-state index in [1.54, 1.807) is 0 Å². The quantitative estimate of drug-likeness (QED) is 0.855. The molecule has 0 unspecified atom stereocenters.